The largest absolute Gasteiger partial charge is 0.354 e. The highest BCUT2D eigenvalue weighted by molar-refractivity contribution is 6.31. The van der Waals surface area contributed by atoms with Crippen molar-refractivity contribution in [1.82, 2.24) is 15.0 Å². The first kappa shape index (κ1) is 15.3. The molecule has 0 fully saturated rings. The van der Waals surface area contributed by atoms with Crippen molar-refractivity contribution in [2.45, 2.75) is 19.3 Å². The van der Waals surface area contributed by atoms with Crippen molar-refractivity contribution in [1.29, 1.82) is 0 Å². The first-order chi connectivity index (χ1) is 9.63. The van der Waals surface area contributed by atoms with Gasteiger partial charge in [-0.05, 0) is 60.2 Å². The van der Waals surface area contributed by atoms with Crippen LogP contribution in [0.2, 0.25) is 15.6 Å². The molecule has 0 saturated heterocycles. The third-order valence-corrected chi connectivity index (χ3v) is 3.26. The summed E-state index contributed by atoms with van der Waals surface area (Å²) in [5.41, 5.74) is 1.28. The minimum absolute atomic E-state index is 0.0914. The van der Waals surface area contributed by atoms with Crippen molar-refractivity contribution >= 4 is 40.8 Å². The second-order valence-corrected chi connectivity index (χ2v) is 5.32. The molecule has 106 valence electrons. The van der Waals surface area contributed by atoms with E-state index < -0.39 is 0 Å². The lowest BCUT2D eigenvalue weighted by molar-refractivity contribution is 0.758. The van der Waals surface area contributed by atoms with Gasteiger partial charge in [-0.25, -0.2) is 0 Å². The Hall–Kier alpha value is -1.10. The highest BCUT2D eigenvalue weighted by atomic mass is 35.5. The van der Waals surface area contributed by atoms with E-state index in [1.807, 2.05) is 24.3 Å². The average molecular weight is 332 g/mol. The number of aromatic nitrogens is 3. The number of aryl methyl sites for hydroxylation is 1. The zero-order chi connectivity index (χ0) is 14.4. The smallest absolute Gasteiger partial charge is 0.228 e. The highest BCUT2D eigenvalue weighted by Crippen LogP contribution is 2.12. The third kappa shape index (κ3) is 5.12. The summed E-state index contributed by atoms with van der Waals surface area (Å²) in [5.74, 6) is 0.404. The molecule has 7 heteroatoms. The minimum Gasteiger partial charge on any atom is -0.354 e. The van der Waals surface area contributed by atoms with Crippen molar-refractivity contribution in [3.8, 4) is 0 Å². The van der Waals surface area contributed by atoms with Crippen LogP contribution in [0.15, 0.2) is 24.3 Å². The Balaban J connectivity index is 1.70. The molecule has 0 saturated carbocycles. The molecule has 0 aliphatic rings. The number of hydrogen-bond acceptors (Lipinski definition) is 4. The Labute approximate surface area is 132 Å². The molecule has 0 radical (unpaired) electrons. The van der Waals surface area contributed by atoms with Gasteiger partial charge in [-0.1, -0.05) is 23.7 Å². The Morgan fingerprint density at radius 3 is 2.15 bits per heavy atom. The molecule has 1 aromatic heterocycles. The molecule has 1 heterocycles. The van der Waals surface area contributed by atoms with Gasteiger partial charge in [0, 0.05) is 11.6 Å². The summed E-state index contributed by atoms with van der Waals surface area (Å²) >= 11 is 17.2. The van der Waals surface area contributed by atoms with Gasteiger partial charge in [0.2, 0.25) is 16.5 Å². The van der Waals surface area contributed by atoms with Crippen LogP contribution in [0.3, 0.4) is 0 Å². The molecule has 2 aromatic rings. The van der Waals surface area contributed by atoms with E-state index in [4.69, 9.17) is 34.8 Å². The Morgan fingerprint density at radius 1 is 0.850 bits per heavy atom. The van der Waals surface area contributed by atoms with E-state index in [1.54, 1.807) is 0 Å². The zero-order valence-electron chi connectivity index (χ0n) is 10.6. The van der Waals surface area contributed by atoms with Crippen LogP contribution in [0.25, 0.3) is 0 Å². The minimum atomic E-state index is 0.0914. The van der Waals surface area contributed by atoms with Crippen molar-refractivity contribution in [2.24, 2.45) is 0 Å². The molecule has 1 N–H and O–H groups in total. The fourth-order valence-corrected chi connectivity index (χ4v) is 2.20. The zero-order valence-corrected chi connectivity index (χ0v) is 12.9. The standard InChI is InChI=1S/C13H13Cl3N4/c14-10-6-4-9(5-7-10)3-1-2-8-17-13-19-11(15)18-12(16)20-13/h4-7H,1-3,8H2,(H,17,18,19,20). The van der Waals surface area contributed by atoms with E-state index in [-0.39, 0.29) is 10.6 Å². The van der Waals surface area contributed by atoms with Crippen LogP contribution in [0, 0.1) is 0 Å². The third-order valence-electron chi connectivity index (χ3n) is 2.67. The molecule has 2 rings (SSSR count). The molecular weight excluding hydrogens is 319 g/mol. The maximum atomic E-state index is 5.84. The normalized spacial score (nSPS) is 10.6. The molecular formula is C13H13Cl3N4. The number of hydrogen-bond donors (Lipinski definition) is 1. The van der Waals surface area contributed by atoms with Gasteiger partial charge in [-0.2, -0.15) is 15.0 Å². The summed E-state index contributed by atoms with van der Waals surface area (Å²) < 4.78 is 0. The van der Waals surface area contributed by atoms with Gasteiger partial charge < -0.3 is 5.32 Å². The first-order valence-electron chi connectivity index (χ1n) is 6.19. The van der Waals surface area contributed by atoms with Gasteiger partial charge in [-0.15, -0.1) is 0 Å². The number of nitrogens with zero attached hydrogens (tertiary/aromatic N) is 3. The second-order valence-electron chi connectivity index (χ2n) is 4.21. The van der Waals surface area contributed by atoms with Gasteiger partial charge in [-0.3, -0.25) is 0 Å². The molecule has 0 aliphatic carbocycles. The summed E-state index contributed by atoms with van der Waals surface area (Å²) in [6, 6.07) is 7.90. The van der Waals surface area contributed by atoms with Crippen molar-refractivity contribution < 1.29 is 0 Å². The molecule has 0 atom stereocenters. The number of rotatable bonds is 6. The van der Waals surface area contributed by atoms with Crippen LogP contribution in [0.1, 0.15) is 18.4 Å². The highest BCUT2D eigenvalue weighted by Gasteiger charge is 2.02. The van der Waals surface area contributed by atoms with Gasteiger partial charge >= 0.3 is 0 Å². The summed E-state index contributed by atoms with van der Waals surface area (Å²) in [5, 5.41) is 4.02. The quantitative estimate of drug-likeness (QED) is 0.803. The van der Waals surface area contributed by atoms with E-state index in [1.165, 1.54) is 5.56 Å². The Kier molecular flexibility index (Phi) is 5.83. The number of unbranched alkanes of at least 4 members (excludes halogenated alkanes) is 1. The van der Waals surface area contributed by atoms with Gasteiger partial charge in [0.1, 0.15) is 0 Å². The fraction of sp³-hybridized carbons (Fsp3) is 0.308. The van der Waals surface area contributed by atoms with Crippen molar-refractivity contribution in [3.05, 3.63) is 45.4 Å². The number of benzene rings is 1. The number of nitrogens with one attached hydrogen (secondary N) is 1. The van der Waals surface area contributed by atoms with Crippen molar-refractivity contribution in [2.75, 3.05) is 11.9 Å². The van der Waals surface area contributed by atoms with E-state index in [9.17, 15) is 0 Å². The molecule has 0 spiro atoms. The van der Waals surface area contributed by atoms with Crippen LogP contribution in [-0.2, 0) is 6.42 Å². The van der Waals surface area contributed by atoms with E-state index in [0.717, 1.165) is 30.8 Å². The SMILES string of the molecule is Clc1ccc(CCCCNc2nc(Cl)nc(Cl)n2)cc1. The van der Waals surface area contributed by atoms with Crippen LogP contribution in [-0.4, -0.2) is 21.5 Å². The molecule has 0 unspecified atom stereocenters. The van der Waals surface area contributed by atoms with Crippen LogP contribution in [0.5, 0.6) is 0 Å². The lowest BCUT2D eigenvalue weighted by Crippen LogP contribution is -2.06. The monoisotopic (exact) mass is 330 g/mol. The van der Waals surface area contributed by atoms with Crippen LogP contribution in [0.4, 0.5) is 5.95 Å². The lowest BCUT2D eigenvalue weighted by Gasteiger charge is -2.05. The van der Waals surface area contributed by atoms with E-state index in [0.29, 0.717) is 5.95 Å². The average Bonchev–Trinajstić information content (AvgIpc) is 2.39. The predicted molar refractivity (Wildman–Crippen MR) is 82.7 cm³/mol. The van der Waals surface area contributed by atoms with Gasteiger partial charge in [0.15, 0.2) is 0 Å². The molecule has 0 aliphatic heterocycles. The van der Waals surface area contributed by atoms with Gasteiger partial charge in [0.25, 0.3) is 0 Å². The number of halogens is 3. The summed E-state index contributed by atoms with van der Waals surface area (Å²) in [6.07, 6.45) is 3.06. The maximum absolute atomic E-state index is 5.84. The second kappa shape index (κ2) is 7.62. The summed E-state index contributed by atoms with van der Waals surface area (Å²) in [7, 11) is 0. The Bertz CT molecular complexity index is 540. The molecule has 4 nitrogen and oxygen atoms in total. The first-order valence-corrected chi connectivity index (χ1v) is 7.32. The summed E-state index contributed by atoms with van der Waals surface area (Å²) in [4.78, 5) is 11.5. The molecule has 20 heavy (non-hydrogen) atoms. The van der Waals surface area contributed by atoms with E-state index in [2.05, 4.69) is 20.3 Å². The predicted octanol–water partition coefficient (Wildman–Crippen LogP) is 4.27. The molecule has 0 bridgehead atoms. The number of anilines is 1. The van der Waals surface area contributed by atoms with Gasteiger partial charge in [0.05, 0.1) is 0 Å². The van der Waals surface area contributed by atoms with Crippen LogP contribution < -0.4 is 5.32 Å². The topological polar surface area (TPSA) is 50.7 Å². The molecule has 0 amide bonds. The maximum Gasteiger partial charge on any atom is 0.228 e. The Morgan fingerprint density at radius 2 is 1.50 bits per heavy atom. The molecule has 1 aromatic carbocycles. The fourth-order valence-electron chi connectivity index (χ4n) is 1.71. The van der Waals surface area contributed by atoms with Crippen molar-refractivity contribution in [3.63, 3.8) is 0 Å². The van der Waals surface area contributed by atoms with E-state index >= 15 is 0 Å². The van der Waals surface area contributed by atoms with Crippen LogP contribution >= 0.6 is 34.8 Å². The summed E-state index contributed by atoms with van der Waals surface area (Å²) in [6.45, 7) is 0.754. The lowest BCUT2D eigenvalue weighted by atomic mass is 10.1.